The van der Waals surface area contributed by atoms with E-state index in [4.69, 9.17) is 30.8 Å². The fraction of sp³-hybridized carbons (Fsp3) is 0.385. The van der Waals surface area contributed by atoms with Gasteiger partial charge in [-0.1, -0.05) is 41.4 Å². The number of ether oxygens (including phenoxy) is 3. The largest absolute Gasteiger partial charge is 0.490 e. The van der Waals surface area contributed by atoms with Crippen LogP contribution in [0.2, 0.25) is 5.02 Å². The van der Waals surface area contributed by atoms with Gasteiger partial charge in [-0.2, -0.15) is 9.78 Å². The molecule has 8 nitrogen and oxygen atoms in total. The van der Waals surface area contributed by atoms with Crippen LogP contribution in [0, 0.1) is 0 Å². The molecule has 2 aromatic carbocycles. The van der Waals surface area contributed by atoms with Crippen LogP contribution in [0.5, 0.6) is 11.5 Å². The monoisotopic (exact) mass is 577 g/mol. The van der Waals surface area contributed by atoms with Crippen LogP contribution in [0.1, 0.15) is 58.3 Å². The van der Waals surface area contributed by atoms with E-state index in [2.05, 4.69) is 21.0 Å². The average Bonchev–Trinajstić information content (AvgIpc) is 2.85. The Morgan fingerprint density at radius 1 is 1.19 bits per heavy atom. The van der Waals surface area contributed by atoms with Crippen LogP contribution in [-0.4, -0.2) is 41.2 Å². The highest BCUT2D eigenvalue weighted by Gasteiger charge is 2.21. The maximum Gasteiger partial charge on any atom is 0.347 e. The Morgan fingerprint density at radius 2 is 1.94 bits per heavy atom. The van der Waals surface area contributed by atoms with Crippen molar-refractivity contribution in [2.24, 2.45) is 5.10 Å². The molecule has 36 heavy (non-hydrogen) atoms. The van der Waals surface area contributed by atoms with Crippen molar-refractivity contribution in [2.45, 2.75) is 53.1 Å². The van der Waals surface area contributed by atoms with Gasteiger partial charge in [0.2, 0.25) is 0 Å². The molecular formula is C26H29BrClN3O5. The zero-order valence-electron chi connectivity index (χ0n) is 20.9. The standard InChI is InChI=1S/C26H29BrClN3O5/c1-6-15(4)24-30-21-10-9-18(27)13-19(21)25(32)31(24)29-14-17-11-20(28)23(22(12-17)34-7-2)36-16(5)26(33)35-8-3/h9-16H,6-8H2,1-5H3/t15-,16-/m0/s1. The first-order valence-corrected chi connectivity index (χ1v) is 12.9. The molecule has 1 aromatic heterocycles. The molecule has 0 bridgehead atoms. The average molecular weight is 579 g/mol. The second kappa shape index (κ2) is 12.4. The van der Waals surface area contributed by atoms with E-state index in [-0.39, 0.29) is 28.9 Å². The van der Waals surface area contributed by atoms with Crippen LogP contribution in [0.25, 0.3) is 10.9 Å². The van der Waals surface area contributed by atoms with Crippen LogP contribution in [0.3, 0.4) is 0 Å². The second-order valence-corrected chi connectivity index (χ2v) is 9.40. The third-order valence-corrected chi connectivity index (χ3v) is 6.23. The summed E-state index contributed by atoms with van der Waals surface area (Å²) < 4.78 is 18.6. The zero-order chi connectivity index (χ0) is 26.4. The van der Waals surface area contributed by atoms with E-state index >= 15 is 0 Å². The quantitative estimate of drug-likeness (QED) is 0.218. The Kier molecular flexibility index (Phi) is 9.50. The molecule has 0 saturated carbocycles. The fourth-order valence-electron chi connectivity index (χ4n) is 3.43. The molecular weight excluding hydrogens is 550 g/mol. The van der Waals surface area contributed by atoms with E-state index in [9.17, 15) is 9.59 Å². The van der Waals surface area contributed by atoms with E-state index in [0.717, 1.165) is 10.9 Å². The summed E-state index contributed by atoms with van der Waals surface area (Å²) in [4.78, 5) is 30.1. The van der Waals surface area contributed by atoms with Gasteiger partial charge in [0.15, 0.2) is 17.6 Å². The van der Waals surface area contributed by atoms with Gasteiger partial charge in [0.1, 0.15) is 5.82 Å². The number of halogens is 2. The molecule has 10 heteroatoms. The fourth-order valence-corrected chi connectivity index (χ4v) is 4.05. The molecule has 1 heterocycles. The summed E-state index contributed by atoms with van der Waals surface area (Å²) in [7, 11) is 0. The molecule has 0 aliphatic heterocycles. The van der Waals surface area contributed by atoms with Crippen molar-refractivity contribution >= 4 is 50.6 Å². The Balaban J connectivity index is 2.06. The van der Waals surface area contributed by atoms with Crippen LogP contribution < -0.4 is 15.0 Å². The normalized spacial score (nSPS) is 13.1. The summed E-state index contributed by atoms with van der Waals surface area (Å²) >= 11 is 9.92. The van der Waals surface area contributed by atoms with Gasteiger partial charge in [0.05, 0.1) is 35.4 Å². The van der Waals surface area contributed by atoms with E-state index in [1.54, 1.807) is 32.0 Å². The number of nitrogens with zero attached hydrogens (tertiary/aromatic N) is 3. The smallest absolute Gasteiger partial charge is 0.347 e. The lowest BCUT2D eigenvalue weighted by molar-refractivity contribution is -0.150. The molecule has 3 rings (SSSR count). The summed E-state index contributed by atoms with van der Waals surface area (Å²) in [5.74, 6) is 0.635. The SMILES string of the molecule is CCOC(=O)[C@H](C)Oc1c(Cl)cc(C=Nn2c([C@@H](C)CC)nc3ccc(Br)cc3c2=O)cc1OCC. The van der Waals surface area contributed by atoms with Crippen LogP contribution >= 0.6 is 27.5 Å². The predicted molar refractivity (Wildman–Crippen MR) is 145 cm³/mol. The minimum absolute atomic E-state index is 0.00520. The molecule has 0 amide bonds. The first-order valence-electron chi connectivity index (χ1n) is 11.8. The Morgan fingerprint density at radius 3 is 2.61 bits per heavy atom. The molecule has 192 valence electrons. The summed E-state index contributed by atoms with van der Waals surface area (Å²) in [6, 6.07) is 8.71. The van der Waals surface area contributed by atoms with Gasteiger partial charge in [0, 0.05) is 10.4 Å². The summed E-state index contributed by atoms with van der Waals surface area (Å²) in [5.41, 5.74) is 0.923. The molecule has 0 saturated heterocycles. The van der Waals surface area contributed by atoms with Crippen molar-refractivity contribution in [3.63, 3.8) is 0 Å². The number of rotatable bonds is 10. The van der Waals surface area contributed by atoms with E-state index in [1.807, 2.05) is 32.9 Å². The maximum atomic E-state index is 13.3. The number of carbonyl (C=O) groups excluding carboxylic acids is 1. The van der Waals surface area contributed by atoms with Gasteiger partial charge in [-0.05, 0) is 63.1 Å². The molecule has 2 atom stereocenters. The third kappa shape index (κ3) is 6.25. The number of aromatic nitrogens is 2. The molecule has 0 aliphatic carbocycles. The number of hydrogen-bond donors (Lipinski definition) is 0. The lowest BCUT2D eigenvalue weighted by atomic mass is 10.1. The van der Waals surface area contributed by atoms with Gasteiger partial charge in [0.25, 0.3) is 5.56 Å². The summed E-state index contributed by atoms with van der Waals surface area (Å²) in [6.07, 6.45) is 1.43. The Bertz CT molecular complexity index is 1340. The van der Waals surface area contributed by atoms with Crippen molar-refractivity contribution in [1.29, 1.82) is 0 Å². The van der Waals surface area contributed by atoms with Crippen molar-refractivity contribution in [2.75, 3.05) is 13.2 Å². The van der Waals surface area contributed by atoms with Crippen LogP contribution in [0.4, 0.5) is 0 Å². The molecule has 0 N–H and O–H groups in total. The molecule has 0 spiro atoms. The maximum absolute atomic E-state index is 13.3. The Labute approximate surface area is 223 Å². The lowest BCUT2D eigenvalue weighted by Gasteiger charge is -2.18. The third-order valence-electron chi connectivity index (χ3n) is 5.45. The minimum Gasteiger partial charge on any atom is -0.490 e. The first-order chi connectivity index (χ1) is 17.2. The van der Waals surface area contributed by atoms with Gasteiger partial charge < -0.3 is 14.2 Å². The van der Waals surface area contributed by atoms with Gasteiger partial charge >= 0.3 is 5.97 Å². The van der Waals surface area contributed by atoms with Crippen molar-refractivity contribution in [1.82, 2.24) is 9.66 Å². The molecule has 0 unspecified atom stereocenters. The van der Waals surface area contributed by atoms with Crippen LogP contribution in [0.15, 0.2) is 44.7 Å². The highest BCUT2D eigenvalue weighted by molar-refractivity contribution is 9.10. The summed E-state index contributed by atoms with van der Waals surface area (Å²) in [6.45, 7) is 9.74. The number of esters is 1. The molecule has 3 aromatic rings. The van der Waals surface area contributed by atoms with E-state index < -0.39 is 12.1 Å². The molecule has 0 aliphatic rings. The van der Waals surface area contributed by atoms with Gasteiger partial charge in [-0.15, -0.1) is 0 Å². The zero-order valence-corrected chi connectivity index (χ0v) is 23.2. The predicted octanol–water partition coefficient (Wildman–Crippen LogP) is 5.94. The van der Waals surface area contributed by atoms with Gasteiger partial charge in [-0.3, -0.25) is 4.79 Å². The van der Waals surface area contributed by atoms with Gasteiger partial charge in [-0.25, -0.2) is 9.78 Å². The van der Waals surface area contributed by atoms with Crippen molar-refractivity contribution in [3.05, 3.63) is 61.6 Å². The highest BCUT2D eigenvalue weighted by Crippen LogP contribution is 2.37. The topological polar surface area (TPSA) is 92.0 Å². The molecule has 0 fully saturated rings. The second-order valence-electron chi connectivity index (χ2n) is 8.08. The number of carbonyl (C=O) groups is 1. The van der Waals surface area contributed by atoms with E-state index in [1.165, 1.54) is 10.9 Å². The van der Waals surface area contributed by atoms with E-state index in [0.29, 0.717) is 34.6 Å². The van der Waals surface area contributed by atoms with Crippen molar-refractivity contribution in [3.8, 4) is 11.5 Å². The first kappa shape index (κ1) is 27.7. The molecule has 0 radical (unpaired) electrons. The number of hydrogen-bond acceptors (Lipinski definition) is 7. The highest BCUT2D eigenvalue weighted by atomic mass is 79.9. The van der Waals surface area contributed by atoms with Crippen LogP contribution in [-0.2, 0) is 9.53 Å². The van der Waals surface area contributed by atoms with Crippen molar-refractivity contribution < 1.29 is 19.0 Å². The summed E-state index contributed by atoms with van der Waals surface area (Å²) in [5, 5.41) is 5.17. The minimum atomic E-state index is -0.874. The number of benzene rings is 2. The Hall–Kier alpha value is -2.91. The number of fused-ring (bicyclic) bond motifs is 1. The lowest BCUT2D eigenvalue weighted by Crippen LogP contribution is -2.26.